The van der Waals surface area contributed by atoms with Crippen LogP contribution >= 0.6 is 11.6 Å². The Hall–Kier alpha value is -3.25. The first-order valence-corrected chi connectivity index (χ1v) is 7.66. The molecule has 0 saturated heterocycles. The summed E-state index contributed by atoms with van der Waals surface area (Å²) in [7, 11) is 0. The summed E-state index contributed by atoms with van der Waals surface area (Å²) >= 11 is 5.91. The smallest absolute Gasteiger partial charge is 0.291 e. The molecule has 0 aliphatic rings. The van der Waals surface area contributed by atoms with Gasteiger partial charge in [-0.25, -0.2) is 0 Å². The predicted octanol–water partition coefficient (Wildman–Crippen LogP) is 3.94. The van der Waals surface area contributed by atoms with Crippen LogP contribution in [0.1, 0.15) is 16.3 Å². The zero-order chi connectivity index (χ0) is 17.6. The summed E-state index contributed by atoms with van der Waals surface area (Å²) in [6, 6.07) is 13.1. The second-order valence-corrected chi connectivity index (χ2v) is 5.41. The quantitative estimate of drug-likeness (QED) is 0.678. The minimum absolute atomic E-state index is 0.00340. The SMILES string of the molecule is O=C(Nc1cccc(Cl)c1)/C(=C\c1ccco1)NC(=O)c1ccco1. The fourth-order valence-electron chi connectivity index (χ4n) is 2.03. The normalized spacial score (nSPS) is 11.2. The number of nitrogens with one attached hydrogen (secondary N) is 2. The largest absolute Gasteiger partial charge is 0.465 e. The van der Waals surface area contributed by atoms with E-state index in [0.717, 1.165) is 0 Å². The third-order valence-corrected chi connectivity index (χ3v) is 3.39. The number of hydrogen-bond acceptors (Lipinski definition) is 4. The molecular weight excluding hydrogens is 344 g/mol. The number of carbonyl (C=O) groups is 2. The molecule has 0 spiro atoms. The van der Waals surface area contributed by atoms with Crippen molar-refractivity contribution in [1.29, 1.82) is 0 Å². The molecule has 0 bridgehead atoms. The first kappa shape index (κ1) is 16.6. The molecular formula is C18H13ClN2O4. The predicted molar refractivity (Wildman–Crippen MR) is 92.9 cm³/mol. The molecule has 2 heterocycles. The molecule has 126 valence electrons. The molecule has 1 aromatic carbocycles. The molecule has 2 aromatic heterocycles. The molecule has 2 N–H and O–H groups in total. The van der Waals surface area contributed by atoms with E-state index >= 15 is 0 Å². The van der Waals surface area contributed by atoms with Crippen molar-refractivity contribution in [3.05, 3.63) is 83.3 Å². The maximum absolute atomic E-state index is 12.5. The fourth-order valence-corrected chi connectivity index (χ4v) is 2.22. The molecule has 25 heavy (non-hydrogen) atoms. The number of anilines is 1. The Morgan fingerprint density at radius 3 is 2.48 bits per heavy atom. The van der Waals surface area contributed by atoms with Gasteiger partial charge in [0.1, 0.15) is 11.5 Å². The van der Waals surface area contributed by atoms with Crippen molar-refractivity contribution in [2.24, 2.45) is 0 Å². The zero-order valence-electron chi connectivity index (χ0n) is 12.9. The van der Waals surface area contributed by atoms with Crippen molar-refractivity contribution >= 4 is 35.2 Å². The molecule has 3 rings (SSSR count). The van der Waals surface area contributed by atoms with E-state index in [1.807, 2.05) is 0 Å². The molecule has 0 saturated carbocycles. The topological polar surface area (TPSA) is 84.5 Å². The second-order valence-electron chi connectivity index (χ2n) is 4.97. The Morgan fingerprint density at radius 1 is 1.00 bits per heavy atom. The molecule has 0 aliphatic heterocycles. The Bertz CT molecular complexity index is 899. The van der Waals surface area contributed by atoms with Crippen molar-refractivity contribution in [1.82, 2.24) is 5.32 Å². The average molecular weight is 357 g/mol. The summed E-state index contributed by atoms with van der Waals surface area (Å²) in [4.78, 5) is 24.7. The van der Waals surface area contributed by atoms with Crippen LogP contribution < -0.4 is 10.6 Å². The highest BCUT2D eigenvalue weighted by Gasteiger charge is 2.17. The highest BCUT2D eigenvalue weighted by Crippen LogP contribution is 2.16. The van der Waals surface area contributed by atoms with Gasteiger partial charge in [-0.1, -0.05) is 17.7 Å². The fraction of sp³-hybridized carbons (Fsp3) is 0. The van der Waals surface area contributed by atoms with Gasteiger partial charge in [-0.2, -0.15) is 0 Å². The number of carbonyl (C=O) groups excluding carboxylic acids is 2. The van der Waals surface area contributed by atoms with Crippen LogP contribution in [0.3, 0.4) is 0 Å². The number of amides is 2. The molecule has 2 amide bonds. The monoisotopic (exact) mass is 356 g/mol. The van der Waals surface area contributed by atoms with Gasteiger partial charge in [0, 0.05) is 16.8 Å². The third-order valence-electron chi connectivity index (χ3n) is 3.15. The van der Waals surface area contributed by atoms with Gasteiger partial charge in [0.25, 0.3) is 11.8 Å². The lowest BCUT2D eigenvalue weighted by atomic mass is 10.2. The lowest BCUT2D eigenvalue weighted by molar-refractivity contribution is -0.113. The molecule has 0 radical (unpaired) electrons. The highest BCUT2D eigenvalue weighted by molar-refractivity contribution is 6.31. The summed E-state index contributed by atoms with van der Waals surface area (Å²) in [5.41, 5.74) is 0.492. The number of halogens is 1. The van der Waals surface area contributed by atoms with Crippen molar-refractivity contribution in [2.75, 3.05) is 5.32 Å². The Kier molecular flexibility index (Phi) is 5.01. The summed E-state index contributed by atoms with van der Waals surface area (Å²) < 4.78 is 10.2. The van der Waals surface area contributed by atoms with Gasteiger partial charge >= 0.3 is 0 Å². The Labute approximate surface area is 148 Å². The van der Waals surface area contributed by atoms with Crippen LogP contribution in [0.25, 0.3) is 6.08 Å². The molecule has 0 aliphatic carbocycles. The number of benzene rings is 1. The number of rotatable bonds is 5. The van der Waals surface area contributed by atoms with E-state index in [-0.39, 0.29) is 11.5 Å². The van der Waals surface area contributed by atoms with E-state index < -0.39 is 11.8 Å². The van der Waals surface area contributed by atoms with Crippen LogP contribution in [0.2, 0.25) is 5.02 Å². The van der Waals surface area contributed by atoms with E-state index in [0.29, 0.717) is 16.5 Å². The minimum Gasteiger partial charge on any atom is -0.465 e. The minimum atomic E-state index is -0.552. The van der Waals surface area contributed by atoms with Crippen molar-refractivity contribution in [2.45, 2.75) is 0 Å². The van der Waals surface area contributed by atoms with Crippen LogP contribution in [-0.2, 0) is 4.79 Å². The van der Waals surface area contributed by atoms with E-state index in [2.05, 4.69) is 10.6 Å². The van der Waals surface area contributed by atoms with Crippen LogP contribution in [0.15, 0.2) is 75.6 Å². The van der Waals surface area contributed by atoms with E-state index in [9.17, 15) is 9.59 Å². The molecule has 6 nitrogen and oxygen atoms in total. The van der Waals surface area contributed by atoms with Crippen molar-refractivity contribution in [3.63, 3.8) is 0 Å². The zero-order valence-corrected chi connectivity index (χ0v) is 13.6. The summed E-state index contributed by atoms with van der Waals surface area (Å²) in [6.45, 7) is 0. The summed E-state index contributed by atoms with van der Waals surface area (Å²) in [6.07, 6.45) is 4.25. The lowest BCUT2D eigenvalue weighted by Crippen LogP contribution is -2.30. The van der Waals surface area contributed by atoms with Crippen molar-refractivity contribution in [3.8, 4) is 0 Å². The van der Waals surface area contributed by atoms with Crippen LogP contribution in [-0.4, -0.2) is 11.8 Å². The van der Waals surface area contributed by atoms with E-state index in [1.54, 1.807) is 42.5 Å². The first-order chi connectivity index (χ1) is 12.1. The van der Waals surface area contributed by atoms with Crippen LogP contribution in [0.5, 0.6) is 0 Å². The average Bonchev–Trinajstić information content (AvgIpc) is 3.28. The third kappa shape index (κ3) is 4.39. The maximum atomic E-state index is 12.5. The molecule has 0 fully saturated rings. The second kappa shape index (κ2) is 7.55. The first-order valence-electron chi connectivity index (χ1n) is 7.29. The van der Waals surface area contributed by atoms with Crippen LogP contribution in [0.4, 0.5) is 5.69 Å². The van der Waals surface area contributed by atoms with Gasteiger partial charge in [0.05, 0.1) is 12.5 Å². The van der Waals surface area contributed by atoms with Gasteiger partial charge in [0.15, 0.2) is 5.76 Å². The van der Waals surface area contributed by atoms with E-state index in [4.69, 9.17) is 20.4 Å². The highest BCUT2D eigenvalue weighted by atomic mass is 35.5. The van der Waals surface area contributed by atoms with Gasteiger partial charge in [0.2, 0.25) is 0 Å². The van der Waals surface area contributed by atoms with Crippen LogP contribution in [0, 0.1) is 0 Å². The van der Waals surface area contributed by atoms with E-state index in [1.165, 1.54) is 24.7 Å². The molecule has 0 atom stereocenters. The van der Waals surface area contributed by atoms with Gasteiger partial charge in [-0.05, 0) is 42.5 Å². The molecule has 7 heteroatoms. The number of hydrogen-bond donors (Lipinski definition) is 2. The lowest BCUT2D eigenvalue weighted by Gasteiger charge is -2.10. The van der Waals surface area contributed by atoms with Gasteiger partial charge in [-0.3, -0.25) is 9.59 Å². The summed E-state index contributed by atoms with van der Waals surface area (Å²) in [5, 5.41) is 5.66. The molecule has 0 unspecified atom stereocenters. The standard InChI is InChI=1S/C18H13ClN2O4/c19-12-4-1-5-13(10-12)20-17(22)15(11-14-6-2-8-24-14)21-18(23)16-7-3-9-25-16/h1-11H,(H,20,22)(H,21,23)/b15-11+. The maximum Gasteiger partial charge on any atom is 0.291 e. The number of furan rings is 2. The Morgan fingerprint density at radius 2 is 1.80 bits per heavy atom. The van der Waals surface area contributed by atoms with Gasteiger partial charge in [-0.15, -0.1) is 0 Å². The van der Waals surface area contributed by atoms with Crippen molar-refractivity contribution < 1.29 is 18.4 Å². The summed E-state index contributed by atoms with van der Waals surface area (Å²) in [5.74, 6) is -0.584. The molecule has 3 aromatic rings. The Balaban J connectivity index is 1.83. The van der Waals surface area contributed by atoms with Gasteiger partial charge < -0.3 is 19.5 Å².